The van der Waals surface area contributed by atoms with E-state index in [4.69, 9.17) is 5.73 Å². The van der Waals surface area contributed by atoms with Gasteiger partial charge in [0.1, 0.15) is 5.82 Å². The lowest BCUT2D eigenvalue weighted by Gasteiger charge is -2.08. The number of benzene rings is 1. The van der Waals surface area contributed by atoms with Gasteiger partial charge < -0.3 is 15.9 Å². The largest absolute Gasteiger partial charge is 0.504 e. The summed E-state index contributed by atoms with van der Waals surface area (Å²) in [7, 11) is 1.63. The fourth-order valence-corrected chi connectivity index (χ4v) is 1.62. The van der Waals surface area contributed by atoms with Gasteiger partial charge >= 0.3 is 0 Å². The number of halogens is 1. The second kappa shape index (κ2) is 3.65. The highest BCUT2D eigenvalue weighted by Crippen LogP contribution is 2.39. The van der Waals surface area contributed by atoms with Crippen molar-refractivity contribution in [1.29, 1.82) is 0 Å². The molecule has 2 rings (SSSR count). The summed E-state index contributed by atoms with van der Waals surface area (Å²) in [6, 6.07) is 1.41. The molecule has 1 aromatic heterocycles. The molecule has 17 heavy (non-hydrogen) atoms. The van der Waals surface area contributed by atoms with E-state index in [1.54, 1.807) is 14.0 Å². The zero-order valence-electron chi connectivity index (χ0n) is 9.40. The third-order valence-corrected chi connectivity index (χ3v) is 2.68. The monoisotopic (exact) mass is 237 g/mol. The Kier molecular flexibility index (Phi) is 2.42. The summed E-state index contributed by atoms with van der Waals surface area (Å²) < 4.78 is 15.2. The van der Waals surface area contributed by atoms with Crippen molar-refractivity contribution >= 4 is 5.82 Å². The van der Waals surface area contributed by atoms with Gasteiger partial charge in [0.15, 0.2) is 17.3 Å². The highest BCUT2D eigenvalue weighted by atomic mass is 19.1. The average molecular weight is 237 g/mol. The maximum Gasteiger partial charge on any atom is 0.194 e. The fraction of sp³-hybridized carbons (Fsp3) is 0.182. The number of aromatic hydroxyl groups is 2. The summed E-state index contributed by atoms with van der Waals surface area (Å²) in [5.74, 6) is -1.86. The summed E-state index contributed by atoms with van der Waals surface area (Å²) in [4.78, 5) is 0. The lowest BCUT2D eigenvalue weighted by molar-refractivity contribution is 0.377. The van der Waals surface area contributed by atoms with Crippen LogP contribution < -0.4 is 5.73 Å². The third-order valence-electron chi connectivity index (χ3n) is 2.68. The molecule has 0 unspecified atom stereocenters. The molecule has 4 N–H and O–H groups in total. The number of nitrogens with zero attached hydrogens (tertiary/aromatic N) is 2. The number of aromatic nitrogens is 2. The van der Waals surface area contributed by atoms with Crippen molar-refractivity contribution in [2.24, 2.45) is 7.05 Å². The predicted molar refractivity (Wildman–Crippen MR) is 61.1 cm³/mol. The predicted octanol–water partition coefficient (Wildman–Crippen LogP) is 1.53. The van der Waals surface area contributed by atoms with Gasteiger partial charge in [-0.25, -0.2) is 4.39 Å². The van der Waals surface area contributed by atoms with Gasteiger partial charge in [0, 0.05) is 18.2 Å². The van der Waals surface area contributed by atoms with Crippen LogP contribution in [0.2, 0.25) is 0 Å². The van der Waals surface area contributed by atoms with Crippen LogP contribution in [0.4, 0.5) is 10.2 Å². The van der Waals surface area contributed by atoms with Crippen LogP contribution in [0, 0.1) is 12.7 Å². The Hall–Kier alpha value is -2.24. The number of rotatable bonds is 1. The maximum absolute atomic E-state index is 13.8. The number of anilines is 1. The molecular weight excluding hydrogens is 225 g/mol. The summed E-state index contributed by atoms with van der Waals surface area (Å²) in [6.45, 7) is 1.56. The number of phenolic OH excluding ortho intramolecular Hbond substituents is 2. The number of phenols is 2. The SMILES string of the molecule is Cc1cc(-c2cnn(C)c2N)c(F)c(O)c1O. The molecule has 90 valence electrons. The molecule has 1 aromatic carbocycles. The molecule has 0 spiro atoms. The normalized spacial score (nSPS) is 10.8. The van der Waals surface area contributed by atoms with Crippen LogP contribution in [-0.4, -0.2) is 20.0 Å². The second-order valence-electron chi connectivity index (χ2n) is 3.82. The summed E-state index contributed by atoms with van der Waals surface area (Å²) in [5.41, 5.74) is 6.59. The summed E-state index contributed by atoms with van der Waals surface area (Å²) in [6.07, 6.45) is 1.41. The molecule has 0 aliphatic heterocycles. The van der Waals surface area contributed by atoms with Crippen LogP contribution >= 0.6 is 0 Å². The summed E-state index contributed by atoms with van der Waals surface area (Å²) >= 11 is 0. The molecule has 1 heterocycles. The Morgan fingerprint density at radius 3 is 2.47 bits per heavy atom. The van der Waals surface area contributed by atoms with E-state index in [1.165, 1.54) is 16.9 Å². The van der Waals surface area contributed by atoms with E-state index >= 15 is 0 Å². The van der Waals surface area contributed by atoms with Crippen molar-refractivity contribution in [2.75, 3.05) is 5.73 Å². The molecule has 0 atom stereocenters. The van der Waals surface area contributed by atoms with E-state index in [1.807, 2.05) is 0 Å². The quantitative estimate of drug-likeness (QED) is 0.657. The topological polar surface area (TPSA) is 84.3 Å². The number of nitrogen functional groups attached to an aromatic ring is 1. The van der Waals surface area contributed by atoms with E-state index in [0.29, 0.717) is 11.1 Å². The standard InChI is InChI=1S/C11H12FN3O2/c1-5-3-6(8(12)10(17)9(5)16)7-4-14-15(2)11(7)13/h3-4,16-17H,13H2,1-2H3. The lowest BCUT2D eigenvalue weighted by atomic mass is 10.0. The first kappa shape index (κ1) is 11.3. The van der Waals surface area contributed by atoms with Gasteiger partial charge in [-0.2, -0.15) is 5.10 Å². The minimum Gasteiger partial charge on any atom is -0.504 e. The van der Waals surface area contributed by atoms with Gasteiger partial charge in [0.05, 0.1) is 6.20 Å². The number of hydrogen-bond donors (Lipinski definition) is 3. The Morgan fingerprint density at radius 1 is 1.29 bits per heavy atom. The lowest BCUT2D eigenvalue weighted by Crippen LogP contribution is -1.99. The molecule has 0 bridgehead atoms. The minimum atomic E-state index is -0.909. The van der Waals surface area contributed by atoms with Crippen LogP contribution in [0.25, 0.3) is 11.1 Å². The molecule has 2 aromatic rings. The van der Waals surface area contributed by atoms with Crippen LogP contribution in [-0.2, 0) is 7.05 Å². The van der Waals surface area contributed by atoms with Crippen LogP contribution in [0.1, 0.15) is 5.56 Å². The highest BCUT2D eigenvalue weighted by molar-refractivity contribution is 5.77. The molecule has 0 amide bonds. The van der Waals surface area contributed by atoms with Crippen LogP contribution in [0.15, 0.2) is 12.3 Å². The Labute approximate surface area is 96.9 Å². The van der Waals surface area contributed by atoms with Crippen molar-refractivity contribution in [3.05, 3.63) is 23.6 Å². The average Bonchev–Trinajstić information content (AvgIpc) is 2.62. The van der Waals surface area contributed by atoms with Crippen molar-refractivity contribution in [3.8, 4) is 22.6 Å². The van der Waals surface area contributed by atoms with E-state index in [2.05, 4.69) is 5.10 Å². The number of nitrogens with two attached hydrogens (primary N) is 1. The van der Waals surface area contributed by atoms with Crippen molar-refractivity contribution in [1.82, 2.24) is 9.78 Å². The van der Waals surface area contributed by atoms with Gasteiger partial charge in [0.25, 0.3) is 0 Å². The van der Waals surface area contributed by atoms with E-state index in [0.717, 1.165) is 0 Å². The molecule has 6 heteroatoms. The molecule has 0 aliphatic carbocycles. The fourth-order valence-electron chi connectivity index (χ4n) is 1.62. The first-order chi connectivity index (χ1) is 7.93. The van der Waals surface area contributed by atoms with Crippen LogP contribution in [0.5, 0.6) is 11.5 Å². The molecule has 0 fully saturated rings. The molecule has 0 aliphatic rings. The van der Waals surface area contributed by atoms with E-state index in [-0.39, 0.29) is 11.4 Å². The van der Waals surface area contributed by atoms with Gasteiger partial charge in [-0.1, -0.05) is 0 Å². The summed E-state index contributed by atoms with van der Waals surface area (Å²) in [5, 5.41) is 22.7. The zero-order valence-corrected chi connectivity index (χ0v) is 9.40. The van der Waals surface area contributed by atoms with Gasteiger partial charge in [0.2, 0.25) is 0 Å². The minimum absolute atomic E-state index is 0.114. The van der Waals surface area contributed by atoms with Gasteiger partial charge in [-0.3, -0.25) is 4.68 Å². The van der Waals surface area contributed by atoms with Crippen molar-refractivity contribution < 1.29 is 14.6 Å². The number of hydrogen-bond acceptors (Lipinski definition) is 4. The number of aryl methyl sites for hydroxylation is 2. The maximum atomic E-state index is 13.8. The Balaban J connectivity index is 2.73. The van der Waals surface area contributed by atoms with Crippen LogP contribution in [0.3, 0.4) is 0 Å². The molecular formula is C11H12FN3O2. The second-order valence-corrected chi connectivity index (χ2v) is 3.82. The molecule has 5 nitrogen and oxygen atoms in total. The van der Waals surface area contributed by atoms with Crippen molar-refractivity contribution in [3.63, 3.8) is 0 Å². The molecule has 0 saturated heterocycles. The van der Waals surface area contributed by atoms with Gasteiger partial charge in [-0.05, 0) is 18.6 Å². The first-order valence-corrected chi connectivity index (χ1v) is 4.92. The highest BCUT2D eigenvalue weighted by Gasteiger charge is 2.19. The molecule has 0 saturated carbocycles. The first-order valence-electron chi connectivity index (χ1n) is 4.92. The Bertz CT molecular complexity index is 593. The van der Waals surface area contributed by atoms with E-state index < -0.39 is 17.3 Å². The smallest absolute Gasteiger partial charge is 0.194 e. The zero-order chi connectivity index (χ0) is 12.7. The molecule has 0 radical (unpaired) electrons. The van der Waals surface area contributed by atoms with Gasteiger partial charge in [-0.15, -0.1) is 0 Å². The third kappa shape index (κ3) is 1.57. The Morgan fingerprint density at radius 2 is 1.94 bits per heavy atom. The van der Waals surface area contributed by atoms with Crippen molar-refractivity contribution in [2.45, 2.75) is 6.92 Å². The van der Waals surface area contributed by atoms with E-state index in [9.17, 15) is 14.6 Å².